The van der Waals surface area contributed by atoms with Gasteiger partial charge in [-0.3, -0.25) is 9.59 Å². The molecule has 21 heavy (non-hydrogen) atoms. The van der Waals surface area contributed by atoms with Crippen LogP contribution in [0.25, 0.3) is 0 Å². The van der Waals surface area contributed by atoms with Crippen molar-refractivity contribution in [3.63, 3.8) is 0 Å². The zero-order chi connectivity index (χ0) is 14.7. The molecule has 3 rings (SSSR count). The van der Waals surface area contributed by atoms with E-state index in [2.05, 4.69) is 20.6 Å². The SMILES string of the molecule is O=C(NCCc1ncc[nH]1)c1ccc(NC(=O)C2CC2)s1. The molecular formula is C14H16N4O2S. The molecule has 2 heterocycles. The molecule has 0 bridgehead atoms. The summed E-state index contributed by atoms with van der Waals surface area (Å²) in [7, 11) is 0. The number of aromatic nitrogens is 2. The molecule has 0 saturated heterocycles. The van der Waals surface area contributed by atoms with Gasteiger partial charge in [-0.1, -0.05) is 0 Å². The number of rotatable bonds is 6. The van der Waals surface area contributed by atoms with Crippen LogP contribution in [-0.2, 0) is 11.2 Å². The summed E-state index contributed by atoms with van der Waals surface area (Å²) in [6.45, 7) is 0.522. The van der Waals surface area contributed by atoms with Gasteiger partial charge in [0.25, 0.3) is 5.91 Å². The molecule has 0 spiro atoms. The Kier molecular flexibility index (Phi) is 4.01. The third-order valence-corrected chi connectivity index (χ3v) is 4.23. The Balaban J connectivity index is 1.48. The summed E-state index contributed by atoms with van der Waals surface area (Å²) in [5.41, 5.74) is 0. The third-order valence-electron chi connectivity index (χ3n) is 3.23. The highest BCUT2D eigenvalue weighted by atomic mass is 32.1. The molecule has 2 aromatic rings. The fourth-order valence-electron chi connectivity index (χ4n) is 1.91. The summed E-state index contributed by atoms with van der Waals surface area (Å²) in [5.74, 6) is 0.941. The maximum Gasteiger partial charge on any atom is 0.261 e. The number of thiophene rings is 1. The average molecular weight is 304 g/mol. The summed E-state index contributed by atoms with van der Waals surface area (Å²) in [6, 6.07) is 3.50. The number of hydrogen-bond donors (Lipinski definition) is 3. The number of nitrogens with one attached hydrogen (secondary N) is 3. The largest absolute Gasteiger partial charge is 0.351 e. The van der Waals surface area contributed by atoms with Crippen molar-refractivity contribution in [1.29, 1.82) is 0 Å². The Morgan fingerprint density at radius 1 is 1.38 bits per heavy atom. The van der Waals surface area contributed by atoms with E-state index >= 15 is 0 Å². The van der Waals surface area contributed by atoms with E-state index in [0.717, 1.165) is 23.7 Å². The van der Waals surface area contributed by atoms with Gasteiger partial charge >= 0.3 is 0 Å². The zero-order valence-electron chi connectivity index (χ0n) is 11.4. The van der Waals surface area contributed by atoms with Gasteiger partial charge in [-0.2, -0.15) is 0 Å². The number of hydrogen-bond acceptors (Lipinski definition) is 4. The predicted octanol–water partition coefficient (Wildman–Crippen LogP) is 1.79. The summed E-state index contributed by atoms with van der Waals surface area (Å²) >= 11 is 1.29. The fraction of sp³-hybridized carbons (Fsp3) is 0.357. The number of anilines is 1. The van der Waals surface area contributed by atoms with Crippen LogP contribution in [0.2, 0.25) is 0 Å². The normalized spacial score (nSPS) is 13.9. The van der Waals surface area contributed by atoms with Crippen LogP contribution in [0, 0.1) is 5.92 Å². The first-order valence-corrected chi connectivity index (χ1v) is 7.71. The van der Waals surface area contributed by atoms with Crippen molar-refractivity contribution in [2.45, 2.75) is 19.3 Å². The van der Waals surface area contributed by atoms with Crippen LogP contribution in [-0.4, -0.2) is 28.3 Å². The van der Waals surface area contributed by atoms with E-state index in [-0.39, 0.29) is 17.7 Å². The van der Waals surface area contributed by atoms with E-state index in [0.29, 0.717) is 17.8 Å². The van der Waals surface area contributed by atoms with Crippen LogP contribution in [0.1, 0.15) is 28.3 Å². The van der Waals surface area contributed by atoms with E-state index in [9.17, 15) is 9.59 Å². The maximum atomic E-state index is 12.0. The number of H-pyrrole nitrogens is 1. The molecule has 3 N–H and O–H groups in total. The van der Waals surface area contributed by atoms with Crippen molar-refractivity contribution >= 4 is 28.2 Å². The first kappa shape index (κ1) is 13.8. The van der Waals surface area contributed by atoms with Gasteiger partial charge < -0.3 is 15.6 Å². The van der Waals surface area contributed by atoms with E-state index < -0.39 is 0 Å². The number of carbonyl (C=O) groups excluding carboxylic acids is 2. The molecule has 2 amide bonds. The predicted molar refractivity (Wildman–Crippen MR) is 80.3 cm³/mol. The van der Waals surface area contributed by atoms with Crippen molar-refractivity contribution in [3.05, 3.63) is 35.2 Å². The molecule has 1 aliphatic rings. The molecule has 7 heteroatoms. The molecule has 0 radical (unpaired) electrons. The molecule has 6 nitrogen and oxygen atoms in total. The minimum Gasteiger partial charge on any atom is -0.351 e. The Hall–Kier alpha value is -2.15. The van der Waals surface area contributed by atoms with Gasteiger partial charge in [-0.15, -0.1) is 11.3 Å². The van der Waals surface area contributed by atoms with Crippen molar-refractivity contribution < 1.29 is 9.59 Å². The molecule has 2 aromatic heterocycles. The van der Waals surface area contributed by atoms with Crippen molar-refractivity contribution in [3.8, 4) is 0 Å². The Morgan fingerprint density at radius 2 is 2.24 bits per heavy atom. The van der Waals surface area contributed by atoms with Crippen molar-refractivity contribution in [1.82, 2.24) is 15.3 Å². The summed E-state index contributed by atoms with van der Waals surface area (Å²) in [6.07, 6.45) is 6.04. The monoisotopic (exact) mass is 304 g/mol. The highest BCUT2D eigenvalue weighted by Crippen LogP contribution is 2.31. The summed E-state index contributed by atoms with van der Waals surface area (Å²) < 4.78 is 0. The molecule has 0 aliphatic heterocycles. The minimum absolute atomic E-state index is 0.0571. The molecule has 0 unspecified atom stereocenters. The highest BCUT2D eigenvalue weighted by molar-refractivity contribution is 7.18. The number of amides is 2. The molecule has 0 atom stereocenters. The van der Waals surface area contributed by atoms with Gasteiger partial charge in [0.15, 0.2) is 0 Å². The van der Waals surface area contributed by atoms with Crippen LogP contribution >= 0.6 is 11.3 Å². The first-order chi connectivity index (χ1) is 10.2. The van der Waals surface area contributed by atoms with E-state index in [1.807, 2.05) is 0 Å². The van der Waals surface area contributed by atoms with Gasteiger partial charge in [0.05, 0.1) is 9.88 Å². The number of aromatic amines is 1. The van der Waals surface area contributed by atoms with Crippen molar-refractivity contribution in [2.24, 2.45) is 5.92 Å². The summed E-state index contributed by atoms with van der Waals surface area (Å²) in [5, 5.41) is 6.41. The maximum absolute atomic E-state index is 12.0. The molecule has 1 aliphatic carbocycles. The lowest BCUT2D eigenvalue weighted by Gasteiger charge is -2.02. The Morgan fingerprint density at radius 3 is 2.95 bits per heavy atom. The Bertz CT molecular complexity index is 631. The minimum atomic E-state index is -0.126. The second-order valence-electron chi connectivity index (χ2n) is 4.97. The lowest BCUT2D eigenvalue weighted by atomic mass is 10.3. The molecular weight excluding hydrogens is 288 g/mol. The first-order valence-electron chi connectivity index (χ1n) is 6.89. The van der Waals surface area contributed by atoms with Gasteiger partial charge in [0.2, 0.25) is 5.91 Å². The second kappa shape index (κ2) is 6.09. The van der Waals surface area contributed by atoms with Crippen LogP contribution in [0.4, 0.5) is 5.00 Å². The van der Waals surface area contributed by atoms with Gasteiger partial charge in [0.1, 0.15) is 5.82 Å². The van der Waals surface area contributed by atoms with Crippen LogP contribution in [0.5, 0.6) is 0 Å². The number of carbonyl (C=O) groups is 2. The second-order valence-corrected chi connectivity index (χ2v) is 6.05. The lowest BCUT2D eigenvalue weighted by Crippen LogP contribution is -2.25. The standard InChI is InChI=1S/C14H16N4O2S/c19-13(9-1-2-9)18-12-4-3-10(21-12)14(20)17-6-5-11-15-7-8-16-11/h3-4,7-9H,1-2,5-6H2,(H,15,16)(H,17,20)(H,18,19). The quantitative estimate of drug-likeness (QED) is 0.760. The van der Waals surface area contributed by atoms with Crippen molar-refractivity contribution in [2.75, 3.05) is 11.9 Å². The van der Waals surface area contributed by atoms with Gasteiger partial charge in [0, 0.05) is 31.3 Å². The zero-order valence-corrected chi connectivity index (χ0v) is 12.2. The molecule has 1 saturated carbocycles. The lowest BCUT2D eigenvalue weighted by molar-refractivity contribution is -0.117. The van der Waals surface area contributed by atoms with Gasteiger partial charge in [-0.25, -0.2) is 4.98 Å². The third kappa shape index (κ3) is 3.69. The van der Waals surface area contributed by atoms with Gasteiger partial charge in [-0.05, 0) is 25.0 Å². The number of nitrogens with zero attached hydrogens (tertiary/aromatic N) is 1. The van der Waals surface area contributed by atoms with E-state index in [1.165, 1.54) is 11.3 Å². The molecule has 0 aromatic carbocycles. The fourth-order valence-corrected chi connectivity index (χ4v) is 2.74. The van der Waals surface area contributed by atoms with Crippen LogP contribution in [0.3, 0.4) is 0 Å². The Labute approximate surface area is 126 Å². The van der Waals surface area contributed by atoms with E-state index in [1.54, 1.807) is 24.5 Å². The smallest absolute Gasteiger partial charge is 0.261 e. The summed E-state index contributed by atoms with van der Waals surface area (Å²) in [4.78, 5) is 31.3. The highest BCUT2D eigenvalue weighted by Gasteiger charge is 2.29. The number of imidazole rings is 1. The molecule has 1 fully saturated rings. The van der Waals surface area contributed by atoms with E-state index in [4.69, 9.17) is 0 Å². The van der Waals surface area contributed by atoms with Crippen LogP contribution < -0.4 is 10.6 Å². The molecule has 110 valence electrons. The average Bonchev–Trinajstić information content (AvgIpc) is 3.00. The topological polar surface area (TPSA) is 86.9 Å². The van der Waals surface area contributed by atoms with Crippen LogP contribution in [0.15, 0.2) is 24.5 Å².